The summed E-state index contributed by atoms with van der Waals surface area (Å²) < 4.78 is 0. The number of H-pyrrole nitrogens is 1. The highest BCUT2D eigenvalue weighted by atomic mass is 15.7. The highest BCUT2D eigenvalue weighted by Crippen LogP contribution is 2.48. The molecule has 1 unspecified atom stereocenters. The maximum absolute atomic E-state index is 4.74. The summed E-state index contributed by atoms with van der Waals surface area (Å²) in [5, 5.41) is 12.5. The van der Waals surface area contributed by atoms with Crippen LogP contribution in [0, 0.1) is 0 Å². The molecule has 1 atom stereocenters. The van der Waals surface area contributed by atoms with Crippen molar-refractivity contribution in [3.8, 4) is 0 Å². The van der Waals surface area contributed by atoms with Gasteiger partial charge in [-0.3, -0.25) is 15.0 Å². The molecule has 0 radical (unpaired) electrons. The molecule has 0 fully saturated rings. The molecular weight excluding hydrogens is 506 g/mol. The molecule has 5 aromatic heterocycles. The lowest BCUT2D eigenvalue weighted by Gasteiger charge is -2.44. The number of aromatic nitrogens is 10. The summed E-state index contributed by atoms with van der Waals surface area (Å²) in [5.41, 5.74) is 3.59. The van der Waals surface area contributed by atoms with Crippen LogP contribution in [0.3, 0.4) is 0 Å². The van der Waals surface area contributed by atoms with Crippen LogP contribution >= 0.6 is 0 Å². The number of nitrogens with one attached hydrogen (secondary N) is 1. The largest absolute Gasteiger partial charge is 0.329 e. The van der Waals surface area contributed by atoms with Crippen LogP contribution in [-0.4, -0.2) is 67.5 Å². The molecule has 0 saturated carbocycles. The van der Waals surface area contributed by atoms with Crippen molar-refractivity contribution < 1.29 is 0 Å². The van der Waals surface area contributed by atoms with E-state index in [1.54, 1.807) is 80.3 Å². The maximum atomic E-state index is 4.74. The number of aromatic amines is 1. The summed E-state index contributed by atoms with van der Waals surface area (Å²) in [6.45, 7) is 0. The number of hydrazine groups is 1. The van der Waals surface area contributed by atoms with Crippen molar-refractivity contribution in [3.63, 3.8) is 0 Å². The second-order valence-corrected chi connectivity index (χ2v) is 8.46. The average Bonchev–Trinajstić information content (AvgIpc) is 3.77. The minimum atomic E-state index is -0.488. The molecule has 13 heteroatoms. The van der Waals surface area contributed by atoms with E-state index in [0.29, 0.717) is 51.5 Å². The highest BCUT2D eigenvalue weighted by molar-refractivity contribution is 6.23. The van der Waals surface area contributed by atoms with Crippen molar-refractivity contribution in [1.82, 2.24) is 55.1 Å². The van der Waals surface area contributed by atoms with Gasteiger partial charge in [-0.2, -0.15) is 10.2 Å². The van der Waals surface area contributed by atoms with E-state index in [4.69, 9.17) is 9.98 Å². The van der Waals surface area contributed by atoms with Gasteiger partial charge in [-0.15, -0.1) is 0 Å². The molecule has 0 aromatic carbocycles. The van der Waals surface area contributed by atoms with Crippen molar-refractivity contribution >= 4 is 34.7 Å². The van der Waals surface area contributed by atoms with Gasteiger partial charge in [-0.25, -0.2) is 34.9 Å². The van der Waals surface area contributed by atoms with Gasteiger partial charge in [0.1, 0.15) is 11.4 Å². The first-order chi connectivity index (χ1) is 19.9. The number of anilines is 1. The fourth-order valence-electron chi connectivity index (χ4n) is 4.60. The third-order valence-corrected chi connectivity index (χ3v) is 6.13. The molecule has 0 bridgehead atoms. The Labute approximate surface area is 227 Å². The van der Waals surface area contributed by atoms with Gasteiger partial charge in [0.05, 0.1) is 17.6 Å². The summed E-state index contributed by atoms with van der Waals surface area (Å²) in [6.07, 6.45) is 21.8. The Hall–Kier alpha value is -5.98. The van der Waals surface area contributed by atoms with Gasteiger partial charge in [0.2, 0.25) is 5.95 Å². The molecule has 0 saturated heterocycles. The van der Waals surface area contributed by atoms with Crippen LogP contribution in [-0.2, 0) is 0 Å². The summed E-state index contributed by atoms with van der Waals surface area (Å²) >= 11 is 0. The standard InChI is InChI=1S/C27H19N13/c1-5-18(38-37-12-1)21-22(19-17-28-13-14-29-19)23(25-31-8-3-9-32-25)39(20-6-2-7-30-20)40(27-35-15-16-36-27)24(21)26-33-10-4-11-34-26/h1-17,20H,(H,35,36). The van der Waals surface area contributed by atoms with Crippen LogP contribution in [0.4, 0.5) is 5.95 Å². The molecule has 7 rings (SSSR count). The molecule has 0 amide bonds. The van der Waals surface area contributed by atoms with E-state index in [2.05, 4.69) is 45.1 Å². The molecule has 2 aliphatic heterocycles. The Balaban J connectivity index is 1.68. The Bertz CT molecular complexity index is 1720. The Kier molecular flexibility index (Phi) is 5.82. The Morgan fingerprint density at radius 3 is 2.10 bits per heavy atom. The Morgan fingerprint density at radius 2 is 1.48 bits per heavy atom. The molecule has 0 spiro atoms. The zero-order chi connectivity index (χ0) is 26.7. The number of imidazole rings is 1. The molecule has 7 heterocycles. The summed E-state index contributed by atoms with van der Waals surface area (Å²) in [4.78, 5) is 40.3. The van der Waals surface area contributed by atoms with Crippen molar-refractivity contribution in [2.75, 3.05) is 5.01 Å². The van der Waals surface area contributed by atoms with Crippen molar-refractivity contribution in [1.29, 1.82) is 0 Å². The van der Waals surface area contributed by atoms with E-state index in [1.165, 1.54) is 0 Å². The van der Waals surface area contributed by atoms with E-state index < -0.39 is 6.17 Å². The number of hydrogen-bond donors (Lipinski definition) is 1. The van der Waals surface area contributed by atoms with Gasteiger partial charge in [0, 0.05) is 73.1 Å². The predicted molar refractivity (Wildman–Crippen MR) is 146 cm³/mol. The third kappa shape index (κ3) is 3.98. The second kappa shape index (κ2) is 10.1. The number of rotatable bonds is 6. The molecule has 13 nitrogen and oxygen atoms in total. The van der Waals surface area contributed by atoms with E-state index in [-0.39, 0.29) is 0 Å². The smallest absolute Gasteiger partial charge is 0.227 e. The fourth-order valence-corrected chi connectivity index (χ4v) is 4.60. The number of hydrogen-bond acceptors (Lipinski definition) is 12. The van der Waals surface area contributed by atoms with Crippen LogP contribution in [0.5, 0.6) is 0 Å². The summed E-state index contributed by atoms with van der Waals surface area (Å²) in [5.74, 6) is 1.35. The van der Waals surface area contributed by atoms with Gasteiger partial charge in [-0.05, 0) is 36.4 Å². The van der Waals surface area contributed by atoms with Gasteiger partial charge in [-0.1, -0.05) is 0 Å². The highest BCUT2D eigenvalue weighted by Gasteiger charge is 2.43. The third-order valence-electron chi connectivity index (χ3n) is 6.13. The SMILES string of the molecule is C1=CC(N2C(c3ncccn3)=C(c3cnccn3)C(c3cccnn3)=C(c3ncccn3)N2c2ncc[nH]2)N=C1. The van der Waals surface area contributed by atoms with Crippen LogP contribution in [0.1, 0.15) is 23.0 Å². The molecule has 0 aliphatic carbocycles. The average molecular weight is 526 g/mol. The normalized spacial score (nSPS) is 16.8. The van der Waals surface area contributed by atoms with E-state index in [9.17, 15) is 0 Å². The molecule has 40 heavy (non-hydrogen) atoms. The topological polar surface area (TPSA) is 151 Å². The van der Waals surface area contributed by atoms with Gasteiger partial charge >= 0.3 is 0 Å². The second-order valence-electron chi connectivity index (χ2n) is 8.46. The van der Waals surface area contributed by atoms with Crippen LogP contribution < -0.4 is 5.01 Å². The minimum Gasteiger partial charge on any atom is -0.329 e. The molecule has 192 valence electrons. The number of nitrogens with zero attached hydrogens (tertiary/aromatic N) is 12. The molecule has 1 N–H and O–H groups in total. The summed E-state index contributed by atoms with van der Waals surface area (Å²) in [7, 11) is 0. The van der Waals surface area contributed by atoms with E-state index in [1.807, 2.05) is 34.3 Å². The van der Waals surface area contributed by atoms with Gasteiger partial charge in [0.15, 0.2) is 17.8 Å². The lowest BCUT2D eigenvalue weighted by Crippen LogP contribution is -2.49. The Morgan fingerprint density at radius 1 is 0.700 bits per heavy atom. The maximum Gasteiger partial charge on any atom is 0.227 e. The van der Waals surface area contributed by atoms with Crippen molar-refractivity contribution in [2.24, 2.45) is 4.99 Å². The van der Waals surface area contributed by atoms with Crippen molar-refractivity contribution in [3.05, 3.63) is 121 Å². The first kappa shape index (κ1) is 23.2. The molecule has 5 aromatic rings. The number of allylic oxidation sites excluding steroid dienone is 3. The van der Waals surface area contributed by atoms with E-state index >= 15 is 0 Å². The summed E-state index contributed by atoms with van der Waals surface area (Å²) in [6, 6.07) is 7.21. The quantitative estimate of drug-likeness (QED) is 0.348. The van der Waals surface area contributed by atoms with Crippen LogP contribution in [0.15, 0.2) is 103 Å². The first-order valence-corrected chi connectivity index (χ1v) is 12.3. The zero-order valence-corrected chi connectivity index (χ0v) is 20.8. The predicted octanol–water partition coefficient (Wildman–Crippen LogP) is 2.71. The lowest BCUT2D eigenvalue weighted by molar-refractivity contribution is 0.349. The molecule has 2 aliphatic rings. The van der Waals surface area contributed by atoms with Crippen LogP contribution in [0.25, 0.3) is 22.5 Å². The lowest BCUT2D eigenvalue weighted by atomic mass is 9.91. The van der Waals surface area contributed by atoms with Gasteiger partial charge < -0.3 is 4.98 Å². The van der Waals surface area contributed by atoms with E-state index in [0.717, 1.165) is 0 Å². The zero-order valence-electron chi connectivity index (χ0n) is 20.8. The minimum absolute atomic E-state index is 0.421. The number of aliphatic imine (C=N–C) groups is 1. The fraction of sp³-hybridized carbons (Fsp3) is 0.0370. The monoisotopic (exact) mass is 525 g/mol. The van der Waals surface area contributed by atoms with Gasteiger partial charge in [0.25, 0.3) is 0 Å². The molecular formula is C27H19N13. The first-order valence-electron chi connectivity index (χ1n) is 12.3. The van der Waals surface area contributed by atoms with Crippen molar-refractivity contribution in [2.45, 2.75) is 6.17 Å². The van der Waals surface area contributed by atoms with Crippen LogP contribution in [0.2, 0.25) is 0 Å².